The summed E-state index contributed by atoms with van der Waals surface area (Å²) in [6, 6.07) is 7.41. The van der Waals surface area contributed by atoms with Gasteiger partial charge in [-0.1, -0.05) is 13.3 Å². The molecule has 0 bridgehead atoms. The van der Waals surface area contributed by atoms with E-state index in [0.717, 1.165) is 17.9 Å². The molecule has 0 aliphatic carbocycles. The maximum absolute atomic E-state index is 11.8. The van der Waals surface area contributed by atoms with E-state index in [0.29, 0.717) is 13.0 Å². The predicted octanol–water partition coefficient (Wildman–Crippen LogP) is 2.79. The molecule has 19 heavy (non-hydrogen) atoms. The maximum Gasteiger partial charge on any atom is 0.224 e. The van der Waals surface area contributed by atoms with Crippen molar-refractivity contribution in [3.8, 4) is 5.75 Å². The zero-order chi connectivity index (χ0) is 14.3. The van der Waals surface area contributed by atoms with Crippen LogP contribution >= 0.6 is 0 Å². The Morgan fingerprint density at radius 2 is 1.95 bits per heavy atom. The number of ether oxygens (including phenoxy) is 1. The quantitative estimate of drug-likeness (QED) is 0.796. The van der Waals surface area contributed by atoms with Gasteiger partial charge in [0, 0.05) is 12.1 Å². The van der Waals surface area contributed by atoms with E-state index in [1.807, 2.05) is 45.0 Å². The van der Waals surface area contributed by atoms with Gasteiger partial charge in [0.1, 0.15) is 5.75 Å². The number of carbonyl (C=O) groups is 1. The van der Waals surface area contributed by atoms with Crippen molar-refractivity contribution in [2.75, 3.05) is 11.9 Å². The molecule has 0 heterocycles. The van der Waals surface area contributed by atoms with Gasteiger partial charge in [0.2, 0.25) is 5.91 Å². The Morgan fingerprint density at radius 1 is 1.32 bits per heavy atom. The number of hydrogen-bond acceptors (Lipinski definition) is 3. The number of anilines is 1. The van der Waals surface area contributed by atoms with Crippen molar-refractivity contribution in [2.45, 2.75) is 39.7 Å². The molecule has 1 aromatic rings. The Balaban J connectivity index is 2.50. The highest BCUT2D eigenvalue weighted by atomic mass is 16.5. The van der Waals surface area contributed by atoms with Crippen LogP contribution < -0.4 is 15.8 Å². The van der Waals surface area contributed by atoms with Gasteiger partial charge in [-0.2, -0.15) is 0 Å². The van der Waals surface area contributed by atoms with Crippen molar-refractivity contribution in [3.05, 3.63) is 24.3 Å². The number of nitrogens with two attached hydrogens (primary N) is 1. The van der Waals surface area contributed by atoms with Crippen molar-refractivity contribution in [2.24, 2.45) is 11.7 Å². The third kappa shape index (κ3) is 5.75. The van der Waals surface area contributed by atoms with Crippen LogP contribution in [0.2, 0.25) is 0 Å². The SMILES string of the molecule is CCC(CN)CC(=O)Nc1ccc(OC(C)C)cc1. The minimum absolute atomic E-state index is 0.00910. The lowest BCUT2D eigenvalue weighted by Gasteiger charge is -2.13. The van der Waals surface area contributed by atoms with E-state index in [9.17, 15) is 4.79 Å². The first kappa shape index (κ1) is 15.5. The highest BCUT2D eigenvalue weighted by Crippen LogP contribution is 2.17. The fourth-order valence-electron chi connectivity index (χ4n) is 1.76. The Labute approximate surface area is 115 Å². The van der Waals surface area contributed by atoms with Gasteiger partial charge in [-0.25, -0.2) is 0 Å². The molecular weight excluding hydrogens is 240 g/mol. The fraction of sp³-hybridized carbons (Fsp3) is 0.533. The third-order valence-electron chi connectivity index (χ3n) is 2.89. The molecule has 1 unspecified atom stereocenters. The van der Waals surface area contributed by atoms with Crippen LogP contribution in [0.25, 0.3) is 0 Å². The van der Waals surface area contributed by atoms with Gasteiger partial charge >= 0.3 is 0 Å². The molecular formula is C15H24N2O2. The second-order valence-corrected chi connectivity index (χ2v) is 4.95. The third-order valence-corrected chi connectivity index (χ3v) is 2.89. The molecule has 4 heteroatoms. The van der Waals surface area contributed by atoms with Crippen molar-refractivity contribution in [1.29, 1.82) is 0 Å². The Morgan fingerprint density at radius 3 is 2.42 bits per heavy atom. The minimum Gasteiger partial charge on any atom is -0.491 e. The van der Waals surface area contributed by atoms with Gasteiger partial charge in [0.05, 0.1) is 6.10 Å². The fourth-order valence-corrected chi connectivity index (χ4v) is 1.76. The minimum atomic E-state index is 0.00910. The van der Waals surface area contributed by atoms with Crippen LogP contribution in [0.15, 0.2) is 24.3 Å². The van der Waals surface area contributed by atoms with Crippen LogP contribution in [0.1, 0.15) is 33.6 Å². The lowest BCUT2D eigenvalue weighted by molar-refractivity contribution is -0.117. The van der Waals surface area contributed by atoms with Crippen LogP contribution in [0, 0.1) is 5.92 Å². The average molecular weight is 264 g/mol. The van der Waals surface area contributed by atoms with E-state index in [1.165, 1.54) is 0 Å². The van der Waals surface area contributed by atoms with Crippen LogP contribution in [0.4, 0.5) is 5.69 Å². The lowest BCUT2D eigenvalue weighted by atomic mass is 10.0. The molecule has 0 aromatic heterocycles. The summed E-state index contributed by atoms with van der Waals surface area (Å²) >= 11 is 0. The average Bonchev–Trinajstić information content (AvgIpc) is 2.37. The highest BCUT2D eigenvalue weighted by Gasteiger charge is 2.10. The summed E-state index contributed by atoms with van der Waals surface area (Å²) in [5.74, 6) is 1.07. The van der Waals surface area contributed by atoms with Crippen LogP contribution in [0.5, 0.6) is 5.75 Å². The number of benzene rings is 1. The van der Waals surface area contributed by atoms with Gasteiger partial charge in [-0.3, -0.25) is 4.79 Å². The Hall–Kier alpha value is -1.55. The van der Waals surface area contributed by atoms with Crippen molar-refractivity contribution in [1.82, 2.24) is 0 Å². The summed E-state index contributed by atoms with van der Waals surface area (Å²) < 4.78 is 5.54. The first-order chi connectivity index (χ1) is 9.05. The molecule has 0 saturated heterocycles. The van der Waals surface area contributed by atoms with E-state index in [2.05, 4.69) is 5.32 Å². The van der Waals surface area contributed by atoms with Crippen LogP contribution in [-0.4, -0.2) is 18.6 Å². The summed E-state index contributed by atoms with van der Waals surface area (Å²) in [6.07, 6.45) is 1.54. The van der Waals surface area contributed by atoms with Crippen LogP contribution in [-0.2, 0) is 4.79 Å². The second kappa shape index (κ2) is 7.79. The summed E-state index contributed by atoms with van der Waals surface area (Å²) in [4.78, 5) is 11.8. The van der Waals surface area contributed by atoms with Gasteiger partial charge in [-0.15, -0.1) is 0 Å². The number of carbonyl (C=O) groups excluding carboxylic acids is 1. The Bertz CT molecular complexity index is 384. The number of rotatable bonds is 7. The van der Waals surface area contributed by atoms with E-state index in [1.54, 1.807) is 0 Å². The van der Waals surface area contributed by atoms with Gasteiger partial charge < -0.3 is 15.8 Å². The first-order valence-corrected chi connectivity index (χ1v) is 6.81. The number of amides is 1. The smallest absolute Gasteiger partial charge is 0.224 e. The number of nitrogens with one attached hydrogen (secondary N) is 1. The van der Waals surface area contributed by atoms with Crippen molar-refractivity contribution >= 4 is 11.6 Å². The van der Waals surface area contributed by atoms with E-state index < -0.39 is 0 Å². The first-order valence-electron chi connectivity index (χ1n) is 6.81. The zero-order valence-corrected chi connectivity index (χ0v) is 12.0. The van der Waals surface area contributed by atoms with Gasteiger partial charge in [-0.05, 0) is 50.6 Å². The summed E-state index contributed by atoms with van der Waals surface area (Å²) in [7, 11) is 0. The molecule has 0 radical (unpaired) electrons. The van der Waals surface area contributed by atoms with Crippen LogP contribution in [0.3, 0.4) is 0 Å². The molecule has 1 amide bonds. The molecule has 0 fully saturated rings. The van der Waals surface area contributed by atoms with E-state index >= 15 is 0 Å². The normalized spacial score (nSPS) is 12.3. The molecule has 106 valence electrons. The predicted molar refractivity (Wildman–Crippen MR) is 78.3 cm³/mol. The summed E-state index contributed by atoms with van der Waals surface area (Å²) in [5, 5.41) is 2.87. The van der Waals surface area contributed by atoms with Crippen molar-refractivity contribution < 1.29 is 9.53 Å². The van der Waals surface area contributed by atoms with Gasteiger partial charge in [0.15, 0.2) is 0 Å². The molecule has 0 saturated carbocycles. The highest BCUT2D eigenvalue weighted by molar-refractivity contribution is 5.90. The monoisotopic (exact) mass is 264 g/mol. The topological polar surface area (TPSA) is 64.4 Å². The van der Waals surface area contributed by atoms with E-state index in [-0.39, 0.29) is 17.9 Å². The molecule has 1 atom stereocenters. The molecule has 1 aromatic carbocycles. The zero-order valence-electron chi connectivity index (χ0n) is 12.0. The molecule has 4 nitrogen and oxygen atoms in total. The maximum atomic E-state index is 11.8. The standard InChI is InChI=1S/C15H24N2O2/c1-4-12(10-16)9-15(18)17-13-5-7-14(8-6-13)19-11(2)3/h5-8,11-12H,4,9-10,16H2,1-3H3,(H,17,18). The molecule has 0 spiro atoms. The molecule has 3 N–H and O–H groups in total. The lowest BCUT2D eigenvalue weighted by Crippen LogP contribution is -2.21. The van der Waals surface area contributed by atoms with E-state index in [4.69, 9.17) is 10.5 Å². The molecule has 0 aliphatic heterocycles. The second-order valence-electron chi connectivity index (χ2n) is 4.95. The molecule has 0 aliphatic rings. The Kier molecular flexibility index (Phi) is 6.36. The summed E-state index contributed by atoms with van der Waals surface area (Å²) in [5.41, 5.74) is 6.38. The number of hydrogen-bond donors (Lipinski definition) is 2. The van der Waals surface area contributed by atoms with Gasteiger partial charge in [0.25, 0.3) is 0 Å². The molecule has 1 rings (SSSR count). The summed E-state index contributed by atoms with van der Waals surface area (Å²) in [6.45, 7) is 6.55. The largest absolute Gasteiger partial charge is 0.491 e. The van der Waals surface area contributed by atoms with Crippen molar-refractivity contribution in [3.63, 3.8) is 0 Å².